The normalized spacial score (nSPS) is 13.1. The Hall–Kier alpha value is 0.0200. The summed E-state index contributed by atoms with van der Waals surface area (Å²) in [6, 6.07) is 0. The van der Waals surface area contributed by atoms with Crippen molar-refractivity contribution in [1.29, 1.82) is 0 Å². The van der Waals surface area contributed by atoms with Crippen LogP contribution < -0.4 is 0 Å². The van der Waals surface area contributed by atoms with Crippen LogP contribution in [0.3, 0.4) is 0 Å². The number of aromatic nitrogens is 3. The van der Waals surface area contributed by atoms with Crippen molar-refractivity contribution in [3.05, 3.63) is 9.21 Å². The predicted octanol–water partition coefficient (Wildman–Crippen LogP) is 1.98. The zero-order chi connectivity index (χ0) is 10.6. The van der Waals surface area contributed by atoms with Gasteiger partial charge in [0, 0.05) is 7.11 Å². The second-order valence-electron chi connectivity index (χ2n) is 2.58. The molecule has 0 aliphatic rings. The molecule has 1 atom stereocenters. The minimum Gasteiger partial charge on any atom is -0.382 e. The second kappa shape index (κ2) is 5.79. The number of hydrogen-bond donors (Lipinski definition) is 0. The van der Waals surface area contributed by atoms with Crippen LogP contribution in [0.25, 0.3) is 0 Å². The van der Waals surface area contributed by atoms with E-state index >= 15 is 0 Å². The lowest BCUT2D eigenvalue weighted by Gasteiger charge is -2.13. The van der Waals surface area contributed by atoms with Crippen LogP contribution >= 0.6 is 31.9 Å². The van der Waals surface area contributed by atoms with Crippen molar-refractivity contribution in [2.45, 2.75) is 13.2 Å². The van der Waals surface area contributed by atoms with Crippen molar-refractivity contribution in [3.8, 4) is 0 Å². The van der Waals surface area contributed by atoms with E-state index in [0.717, 1.165) is 4.60 Å². The van der Waals surface area contributed by atoms with Crippen molar-refractivity contribution in [2.24, 2.45) is 0 Å². The lowest BCUT2D eigenvalue weighted by atomic mass is 10.6. The molecule has 0 amide bonds. The minimum atomic E-state index is -0.168. The maximum absolute atomic E-state index is 5.45. The Morgan fingerprint density at radius 2 is 2.14 bits per heavy atom. The first-order valence-electron chi connectivity index (χ1n) is 4.03. The first kappa shape index (κ1) is 12.1. The molecular formula is C7H11Br2N3O2. The van der Waals surface area contributed by atoms with E-state index in [1.807, 2.05) is 6.92 Å². The minimum absolute atomic E-state index is 0.168. The fourth-order valence-electron chi connectivity index (χ4n) is 0.867. The summed E-state index contributed by atoms with van der Waals surface area (Å²) in [6.07, 6.45) is -0.168. The summed E-state index contributed by atoms with van der Waals surface area (Å²) in [5, 5.41) is 7.74. The molecule has 0 spiro atoms. The molecule has 0 aliphatic carbocycles. The van der Waals surface area contributed by atoms with Crippen molar-refractivity contribution in [1.82, 2.24) is 15.0 Å². The van der Waals surface area contributed by atoms with Gasteiger partial charge in [0.15, 0.2) is 10.8 Å². The Balaban J connectivity index is 2.52. The first-order valence-corrected chi connectivity index (χ1v) is 5.62. The van der Waals surface area contributed by atoms with Gasteiger partial charge in [0.1, 0.15) is 4.60 Å². The van der Waals surface area contributed by atoms with Gasteiger partial charge in [0.05, 0.1) is 13.2 Å². The summed E-state index contributed by atoms with van der Waals surface area (Å²) >= 11 is 6.58. The summed E-state index contributed by atoms with van der Waals surface area (Å²) in [5.41, 5.74) is 0. The Morgan fingerprint density at radius 1 is 1.43 bits per heavy atom. The largest absolute Gasteiger partial charge is 0.382 e. The van der Waals surface area contributed by atoms with Crippen LogP contribution in [0.15, 0.2) is 9.21 Å². The number of rotatable bonds is 5. The van der Waals surface area contributed by atoms with Gasteiger partial charge in [-0.3, -0.25) is 0 Å². The van der Waals surface area contributed by atoms with Gasteiger partial charge >= 0.3 is 0 Å². The Morgan fingerprint density at radius 3 is 2.64 bits per heavy atom. The monoisotopic (exact) mass is 327 g/mol. The van der Waals surface area contributed by atoms with E-state index in [2.05, 4.69) is 42.2 Å². The predicted molar refractivity (Wildman–Crippen MR) is 58.0 cm³/mol. The number of nitrogens with zero attached hydrogens (tertiary/aromatic N) is 3. The lowest BCUT2D eigenvalue weighted by molar-refractivity contribution is -0.0198. The van der Waals surface area contributed by atoms with Crippen LogP contribution in [0.1, 0.15) is 13.2 Å². The molecule has 0 bridgehead atoms. The summed E-state index contributed by atoms with van der Waals surface area (Å²) in [4.78, 5) is 0. The highest BCUT2D eigenvalue weighted by Gasteiger charge is 2.13. The molecule has 1 rings (SSSR count). The summed E-state index contributed by atoms with van der Waals surface area (Å²) in [5.74, 6) is 0. The molecule has 7 heteroatoms. The van der Waals surface area contributed by atoms with Crippen LogP contribution in [0, 0.1) is 0 Å². The van der Waals surface area contributed by atoms with Crippen LogP contribution in [-0.4, -0.2) is 35.3 Å². The summed E-state index contributed by atoms with van der Waals surface area (Å²) in [6.45, 7) is 2.99. The zero-order valence-corrected chi connectivity index (χ0v) is 11.1. The molecule has 1 aromatic heterocycles. The smallest absolute Gasteiger partial charge is 0.162 e. The topological polar surface area (TPSA) is 49.2 Å². The highest BCUT2D eigenvalue weighted by Crippen LogP contribution is 2.22. The van der Waals surface area contributed by atoms with Gasteiger partial charge < -0.3 is 9.47 Å². The van der Waals surface area contributed by atoms with E-state index < -0.39 is 0 Å². The molecule has 0 saturated heterocycles. The van der Waals surface area contributed by atoms with Crippen molar-refractivity contribution < 1.29 is 9.47 Å². The number of halogens is 2. The fraction of sp³-hybridized carbons (Fsp3) is 0.714. The quantitative estimate of drug-likeness (QED) is 0.776. The SMILES string of the molecule is COCCOC(C)n1nnc(Br)c1Br. The van der Waals surface area contributed by atoms with E-state index in [1.165, 1.54) is 0 Å². The summed E-state index contributed by atoms with van der Waals surface area (Å²) < 4.78 is 13.4. The molecule has 5 nitrogen and oxygen atoms in total. The van der Waals surface area contributed by atoms with E-state index in [9.17, 15) is 0 Å². The lowest BCUT2D eigenvalue weighted by Crippen LogP contribution is -2.14. The molecule has 0 aromatic carbocycles. The van der Waals surface area contributed by atoms with Gasteiger partial charge in [0.25, 0.3) is 0 Å². The van der Waals surface area contributed by atoms with Crippen molar-refractivity contribution in [3.63, 3.8) is 0 Å². The van der Waals surface area contributed by atoms with Crippen molar-refractivity contribution >= 4 is 31.9 Å². The molecule has 0 radical (unpaired) electrons. The van der Waals surface area contributed by atoms with Gasteiger partial charge in [0.2, 0.25) is 0 Å². The molecule has 1 unspecified atom stereocenters. The van der Waals surface area contributed by atoms with E-state index in [0.29, 0.717) is 17.8 Å². The van der Waals surface area contributed by atoms with E-state index in [1.54, 1.807) is 11.8 Å². The standard InChI is InChI=1S/C7H11Br2N3O2/c1-5(14-4-3-13-2)12-7(9)6(8)10-11-12/h5H,3-4H2,1-2H3. The van der Waals surface area contributed by atoms with Crippen molar-refractivity contribution in [2.75, 3.05) is 20.3 Å². The van der Waals surface area contributed by atoms with Gasteiger partial charge in [-0.15, -0.1) is 5.10 Å². The van der Waals surface area contributed by atoms with Crippen LogP contribution in [0.4, 0.5) is 0 Å². The zero-order valence-electron chi connectivity index (χ0n) is 7.91. The van der Waals surface area contributed by atoms with Gasteiger partial charge in [-0.05, 0) is 38.8 Å². The number of methoxy groups -OCH3 is 1. The second-order valence-corrected chi connectivity index (χ2v) is 4.08. The first-order chi connectivity index (χ1) is 6.66. The molecular weight excluding hydrogens is 318 g/mol. The fourth-order valence-corrected chi connectivity index (χ4v) is 1.56. The molecule has 14 heavy (non-hydrogen) atoms. The van der Waals surface area contributed by atoms with Crippen LogP contribution in [-0.2, 0) is 9.47 Å². The molecule has 80 valence electrons. The van der Waals surface area contributed by atoms with Crippen LogP contribution in [0.2, 0.25) is 0 Å². The third-order valence-electron chi connectivity index (χ3n) is 1.59. The molecule has 0 N–H and O–H groups in total. The average Bonchev–Trinajstić information content (AvgIpc) is 2.48. The molecule has 1 aromatic rings. The third kappa shape index (κ3) is 3.01. The maximum atomic E-state index is 5.45. The Kier molecular flexibility index (Phi) is 5.00. The van der Waals surface area contributed by atoms with E-state index in [-0.39, 0.29) is 6.23 Å². The van der Waals surface area contributed by atoms with Gasteiger partial charge in [-0.2, -0.15) is 0 Å². The molecule has 0 saturated carbocycles. The Labute approximate surface area is 99.0 Å². The summed E-state index contributed by atoms with van der Waals surface area (Å²) in [7, 11) is 1.63. The highest BCUT2D eigenvalue weighted by atomic mass is 79.9. The van der Waals surface area contributed by atoms with Crippen LogP contribution in [0.5, 0.6) is 0 Å². The average molecular weight is 329 g/mol. The van der Waals surface area contributed by atoms with E-state index in [4.69, 9.17) is 9.47 Å². The van der Waals surface area contributed by atoms with Gasteiger partial charge in [-0.1, -0.05) is 5.21 Å². The number of hydrogen-bond acceptors (Lipinski definition) is 4. The van der Waals surface area contributed by atoms with Gasteiger partial charge in [-0.25, -0.2) is 4.68 Å². The maximum Gasteiger partial charge on any atom is 0.162 e. The molecule has 1 heterocycles. The molecule has 0 aliphatic heterocycles. The number of ether oxygens (including phenoxy) is 2. The molecule has 0 fully saturated rings. The third-order valence-corrected chi connectivity index (χ3v) is 3.40. The Bertz CT molecular complexity index is 292. The highest BCUT2D eigenvalue weighted by molar-refractivity contribution is 9.13.